The molecule has 5 aromatic rings. The number of amides is 1. The molecule has 0 radical (unpaired) electrons. The molecule has 0 spiro atoms. The number of aliphatic hydroxyl groups excluding tert-OH is 1. The van der Waals surface area contributed by atoms with Crippen molar-refractivity contribution in [3.63, 3.8) is 0 Å². The lowest BCUT2D eigenvalue weighted by Gasteiger charge is -2.09. The molecule has 2 aromatic heterocycles. The molecule has 194 valence electrons. The van der Waals surface area contributed by atoms with E-state index in [1.54, 1.807) is 36.5 Å². The number of rotatable bonds is 7. The van der Waals surface area contributed by atoms with E-state index in [-0.39, 0.29) is 35.9 Å². The van der Waals surface area contributed by atoms with E-state index in [9.17, 15) is 14.3 Å². The first kappa shape index (κ1) is 24.4. The smallest absolute Gasteiger partial charge is 0.224 e. The van der Waals surface area contributed by atoms with Gasteiger partial charge in [-0.05, 0) is 71.0 Å². The number of benzene rings is 3. The number of hydrogen-bond acceptors (Lipinski definition) is 5. The Balaban J connectivity index is 1.27. The van der Waals surface area contributed by atoms with Crippen LogP contribution in [0, 0.1) is 11.7 Å². The second-order valence-electron chi connectivity index (χ2n) is 9.87. The monoisotopic (exact) mass is 519 g/mol. The van der Waals surface area contributed by atoms with Gasteiger partial charge in [0, 0.05) is 28.6 Å². The first-order valence-electron chi connectivity index (χ1n) is 12.7. The third-order valence-corrected chi connectivity index (χ3v) is 7.18. The van der Waals surface area contributed by atoms with Crippen molar-refractivity contribution < 1.29 is 18.7 Å². The fraction of sp³-hybridized carbons (Fsp3) is 0.125. The molecular weight excluding hydrogens is 493 g/mol. The van der Waals surface area contributed by atoms with Gasteiger partial charge in [0.15, 0.2) is 0 Å². The highest BCUT2D eigenvalue weighted by molar-refractivity contribution is 5.97. The van der Waals surface area contributed by atoms with Crippen molar-refractivity contribution in [1.29, 1.82) is 0 Å². The van der Waals surface area contributed by atoms with Gasteiger partial charge < -0.3 is 20.6 Å². The van der Waals surface area contributed by atoms with Crippen LogP contribution in [-0.2, 0) is 11.3 Å². The van der Waals surface area contributed by atoms with E-state index >= 15 is 0 Å². The van der Waals surface area contributed by atoms with Gasteiger partial charge in [0.1, 0.15) is 28.7 Å². The molecule has 3 aromatic carbocycles. The highest BCUT2D eigenvalue weighted by atomic mass is 19.1. The highest BCUT2D eigenvalue weighted by Crippen LogP contribution is 2.47. The Morgan fingerprint density at radius 1 is 1.03 bits per heavy atom. The number of carbonyl (C=O) groups excluding carboxylic acids is 1. The van der Waals surface area contributed by atoms with Crippen LogP contribution in [0.3, 0.4) is 0 Å². The average Bonchev–Trinajstić information content (AvgIpc) is 3.64. The largest absolute Gasteiger partial charge is 0.508 e. The Labute approximate surface area is 224 Å². The maximum atomic E-state index is 13.7. The summed E-state index contributed by atoms with van der Waals surface area (Å²) in [5.74, 6) is 0.797. The van der Waals surface area contributed by atoms with Crippen LogP contribution < -0.4 is 11.1 Å². The van der Waals surface area contributed by atoms with Crippen molar-refractivity contribution in [1.82, 2.24) is 10.3 Å². The van der Waals surface area contributed by atoms with Crippen molar-refractivity contribution in [2.24, 2.45) is 5.92 Å². The Morgan fingerprint density at radius 3 is 2.46 bits per heavy atom. The number of furan rings is 1. The molecule has 1 fully saturated rings. The van der Waals surface area contributed by atoms with Gasteiger partial charge in [-0.25, -0.2) is 9.37 Å². The van der Waals surface area contributed by atoms with Gasteiger partial charge >= 0.3 is 0 Å². The molecule has 1 aliphatic rings. The molecule has 0 unspecified atom stereocenters. The zero-order chi connectivity index (χ0) is 27.1. The number of nitrogens with zero attached hydrogens (tertiary/aromatic N) is 1. The van der Waals surface area contributed by atoms with E-state index < -0.39 is 0 Å². The fourth-order valence-electron chi connectivity index (χ4n) is 4.95. The van der Waals surface area contributed by atoms with Gasteiger partial charge in [-0.1, -0.05) is 49.0 Å². The van der Waals surface area contributed by atoms with Crippen LogP contribution in [0.4, 0.5) is 10.2 Å². The van der Waals surface area contributed by atoms with Gasteiger partial charge in [-0.3, -0.25) is 4.79 Å². The third kappa shape index (κ3) is 4.99. The van der Waals surface area contributed by atoms with Crippen LogP contribution in [0.25, 0.3) is 39.0 Å². The summed E-state index contributed by atoms with van der Waals surface area (Å²) in [5.41, 5.74) is 11.5. The van der Waals surface area contributed by atoms with E-state index in [1.807, 2.05) is 36.4 Å². The van der Waals surface area contributed by atoms with Crippen LogP contribution in [0.2, 0.25) is 0 Å². The second-order valence-corrected chi connectivity index (χ2v) is 9.87. The van der Waals surface area contributed by atoms with Gasteiger partial charge in [-0.15, -0.1) is 0 Å². The SMILES string of the molecule is C=C(O)c1ccc(-c2cc(-c3ccc(F)cc3)c3oc(CNC(=O)[C@H]4C[C@@H]4c4ccc(N)nc4)cc3c2)cc1. The van der Waals surface area contributed by atoms with E-state index in [0.29, 0.717) is 22.7 Å². The van der Waals surface area contributed by atoms with E-state index in [0.717, 1.165) is 39.6 Å². The number of nitrogens with two attached hydrogens (primary N) is 1. The van der Waals surface area contributed by atoms with Gasteiger partial charge in [0.2, 0.25) is 5.91 Å². The Morgan fingerprint density at radius 2 is 1.77 bits per heavy atom. The predicted octanol–water partition coefficient (Wildman–Crippen LogP) is 6.83. The number of anilines is 1. The number of pyridine rings is 1. The predicted molar refractivity (Wildman–Crippen MR) is 150 cm³/mol. The van der Waals surface area contributed by atoms with Crippen LogP contribution >= 0.6 is 0 Å². The van der Waals surface area contributed by atoms with E-state index in [1.165, 1.54) is 12.1 Å². The minimum atomic E-state index is -0.318. The van der Waals surface area contributed by atoms with Crippen molar-refractivity contribution in [3.05, 3.63) is 114 Å². The van der Waals surface area contributed by atoms with Crippen LogP contribution in [0.5, 0.6) is 0 Å². The molecule has 0 bridgehead atoms. The van der Waals surface area contributed by atoms with Crippen LogP contribution in [0.15, 0.2) is 96.1 Å². The number of fused-ring (bicyclic) bond motifs is 1. The molecule has 39 heavy (non-hydrogen) atoms. The number of carbonyl (C=O) groups is 1. The summed E-state index contributed by atoms with van der Waals surface area (Å²) in [7, 11) is 0. The number of nitrogens with one attached hydrogen (secondary N) is 1. The third-order valence-electron chi connectivity index (χ3n) is 7.18. The zero-order valence-corrected chi connectivity index (χ0v) is 21.0. The molecule has 1 saturated carbocycles. The number of hydrogen-bond donors (Lipinski definition) is 3. The standard InChI is InChI=1S/C32H26FN3O3/c1-18(37)19-2-4-20(5-3-19)23-12-24-13-26(39-31(24)28(14-23)21-6-9-25(33)10-7-21)17-36-32(38)29-15-27(29)22-8-11-30(34)35-16-22/h2-14,16,27,29,37H,1,15,17H2,(H2,34,35)(H,36,38)/t27-,29+/m1/s1. The summed E-state index contributed by atoms with van der Waals surface area (Å²) in [4.78, 5) is 16.9. The second kappa shape index (κ2) is 9.76. The maximum absolute atomic E-state index is 13.7. The van der Waals surface area contributed by atoms with Crippen molar-refractivity contribution in [3.8, 4) is 22.3 Å². The van der Waals surface area contributed by atoms with E-state index in [4.69, 9.17) is 10.2 Å². The molecule has 1 amide bonds. The summed E-state index contributed by atoms with van der Waals surface area (Å²) in [6.45, 7) is 3.83. The molecule has 1 aliphatic carbocycles. The summed E-state index contributed by atoms with van der Waals surface area (Å²) in [6, 6.07) is 23.3. The average molecular weight is 520 g/mol. The Hall–Kier alpha value is -4.91. The number of halogens is 1. The quantitative estimate of drug-likeness (QED) is 0.205. The van der Waals surface area contributed by atoms with Crippen molar-refractivity contribution in [2.45, 2.75) is 18.9 Å². The minimum absolute atomic E-state index is 0.00757. The molecule has 2 atom stereocenters. The lowest BCUT2D eigenvalue weighted by Crippen LogP contribution is -2.24. The molecule has 2 heterocycles. The van der Waals surface area contributed by atoms with Crippen molar-refractivity contribution in [2.75, 3.05) is 5.73 Å². The normalized spacial score (nSPS) is 16.2. The maximum Gasteiger partial charge on any atom is 0.224 e. The number of aromatic nitrogens is 1. The molecule has 7 heteroatoms. The first-order chi connectivity index (χ1) is 18.9. The number of aliphatic hydroxyl groups is 1. The number of nitrogen functional groups attached to an aromatic ring is 1. The summed E-state index contributed by atoms with van der Waals surface area (Å²) in [5, 5.41) is 13.5. The Bertz CT molecular complexity index is 1690. The Kier molecular flexibility index (Phi) is 6.11. The van der Waals surface area contributed by atoms with Gasteiger partial charge in [-0.2, -0.15) is 0 Å². The van der Waals surface area contributed by atoms with E-state index in [2.05, 4.69) is 16.9 Å². The first-order valence-corrected chi connectivity index (χ1v) is 12.7. The highest BCUT2D eigenvalue weighted by Gasteiger charge is 2.44. The molecule has 0 saturated heterocycles. The fourth-order valence-corrected chi connectivity index (χ4v) is 4.95. The lowest BCUT2D eigenvalue weighted by atomic mass is 9.96. The molecule has 6 nitrogen and oxygen atoms in total. The summed E-state index contributed by atoms with van der Waals surface area (Å²) < 4.78 is 19.9. The molecule has 4 N–H and O–H groups in total. The van der Waals surface area contributed by atoms with Crippen LogP contribution in [-0.4, -0.2) is 16.0 Å². The molecule has 0 aliphatic heterocycles. The van der Waals surface area contributed by atoms with Gasteiger partial charge in [0.25, 0.3) is 0 Å². The van der Waals surface area contributed by atoms with Crippen molar-refractivity contribution >= 4 is 28.5 Å². The summed E-state index contributed by atoms with van der Waals surface area (Å²) in [6.07, 6.45) is 2.51. The molecular formula is C32H26FN3O3. The summed E-state index contributed by atoms with van der Waals surface area (Å²) >= 11 is 0. The lowest BCUT2D eigenvalue weighted by molar-refractivity contribution is -0.122. The zero-order valence-electron chi connectivity index (χ0n) is 21.0. The molecule has 6 rings (SSSR count). The minimum Gasteiger partial charge on any atom is -0.508 e. The van der Waals surface area contributed by atoms with Gasteiger partial charge in [0.05, 0.1) is 6.54 Å². The van der Waals surface area contributed by atoms with Crippen LogP contribution in [0.1, 0.15) is 29.2 Å². The topological polar surface area (TPSA) is 101 Å².